The third-order valence-corrected chi connectivity index (χ3v) is 3.51. The van der Waals surface area contributed by atoms with E-state index in [0.29, 0.717) is 27.1 Å². The van der Waals surface area contributed by atoms with Crippen LogP contribution in [0.1, 0.15) is 11.3 Å². The highest BCUT2D eigenvalue weighted by Crippen LogP contribution is 2.33. The monoisotopic (exact) mass is 314 g/mol. The van der Waals surface area contributed by atoms with E-state index >= 15 is 0 Å². The highest BCUT2D eigenvalue weighted by molar-refractivity contribution is 7.80. The molecule has 1 heterocycles. The molecule has 0 saturated heterocycles. The highest BCUT2D eigenvalue weighted by atomic mass is 35.5. The van der Waals surface area contributed by atoms with Crippen LogP contribution < -0.4 is 11.1 Å². The highest BCUT2D eigenvalue weighted by Gasteiger charge is 2.17. The van der Waals surface area contributed by atoms with Crippen molar-refractivity contribution < 1.29 is 0 Å². The van der Waals surface area contributed by atoms with E-state index in [0.717, 1.165) is 5.69 Å². The molecule has 0 amide bonds. The molecule has 0 fully saturated rings. The molecule has 1 aromatic heterocycles. The number of thiocarbonyl (C=S) groups is 1. The first-order valence-electron chi connectivity index (χ1n) is 5.46. The van der Waals surface area contributed by atoms with Gasteiger partial charge >= 0.3 is 0 Å². The van der Waals surface area contributed by atoms with Crippen molar-refractivity contribution in [3.63, 3.8) is 0 Å². The fourth-order valence-corrected chi connectivity index (χ4v) is 2.57. The van der Waals surface area contributed by atoms with Gasteiger partial charge in [-0.25, -0.2) is 0 Å². The van der Waals surface area contributed by atoms with E-state index in [1.807, 2.05) is 6.92 Å². The van der Waals surface area contributed by atoms with Crippen LogP contribution in [0.5, 0.6) is 0 Å². The summed E-state index contributed by atoms with van der Waals surface area (Å²) in [5, 5.41) is 8.47. The summed E-state index contributed by atoms with van der Waals surface area (Å²) in [5.74, 6) is 0.667. The number of aromatic nitrogens is 2. The number of anilines is 2. The number of hydrogen-bond donors (Lipinski definition) is 2. The summed E-state index contributed by atoms with van der Waals surface area (Å²) in [4.78, 5) is 0.274. The summed E-state index contributed by atoms with van der Waals surface area (Å²) in [5.41, 5.74) is 7.77. The molecule has 0 spiro atoms. The van der Waals surface area contributed by atoms with Gasteiger partial charge in [0.05, 0.1) is 27.0 Å². The number of hydrogen-bond acceptors (Lipinski definition) is 3. The van der Waals surface area contributed by atoms with E-state index < -0.39 is 0 Å². The molecule has 2 rings (SSSR count). The van der Waals surface area contributed by atoms with Crippen molar-refractivity contribution in [1.82, 2.24) is 9.78 Å². The lowest BCUT2D eigenvalue weighted by Gasteiger charge is -2.12. The maximum atomic E-state index is 6.13. The van der Waals surface area contributed by atoms with Crippen LogP contribution >= 0.6 is 35.4 Å². The van der Waals surface area contributed by atoms with Crippen molar-refractivity contribution in [1.29, 1.82) is 0 Å². The van der Waals surface area contributed by atoms with Gasteiger partial charge in [0.15, 0.2) is 0 Å². The summed E-state index contributed by atoms with van der Waals surface area (Å²) in [6.07, 6.45) is 0. The Morgan fingerprint density at radius 3 is 2.47 bits per heavy atom. The fraction of sp³-hybridized carbons (Fsp3) is 0.167. The van der Waals surface area contributed by atoms with Gasteiger partial charge in [-0.1, -0.05) is 41.5 Å². The van der Waals surface area contributed by atoms with Crippen LogP contribution in [0, 0.1) is 6.92 Å². The minimum atomic E-state index is 0.274. The van der Waals surface area contributed by atoms with E-state index in [4.69, 9.17) is 41.2 Å². The minimum absolute atomic E-state index is 0.274. The molecule has 0 aliphatic rings. The second-order valence-electron chi connectivity index (χ2n) is 4.02. The van der Waals surface area contributed by atoms with Crippen LogP contribution in [0.2, 0.25) is 10.0 Å². The Kier molecular flexibility index (Phi) is 3.99. The summed E-state index contributed by atoms with van der Waals surface area (Å²) >= 11 is 17.3. The van der Waals surface area contributed by atoms with Crippen molar-refractivity contribution in [2.45, 2.75) is 6.92 Å². The smallest absolute Gasteiger partial charge is 0.139 e. The molecule has 4 nitrogen and oxygen atoms in total. The predicted molar refractivity (Wildman–Crippen MR) is 83.6 cm³/mol. The van der Waals surface area contributed by atoms with Crippen molar-refractivity contribution in [2.75, 3.05) is 5.32 Å². The van der Waals surface area contributed by atoms with E-state index in [9.17, 15) is 0 Å². The third-order valence-electron chi connectivity index (χ3n) is 2.67. The average molecular weight is 315 g/mol. The van der Waals surface area contributed by atoms with Gasteiger partial charge in [0.1, 0.15) is 10.8 Å². The Balaban J connectivity index is 2.53. The van der Waals surface area contributed by atoms with Crippen molar-refractivity contribution in [3.05, 3.63) is 39.5 Å². The number of nitrogens with one attached hydrogen (secondary N) is 1. The molecular formula is C12H12Cl2N4S. The molecule has 0 saturated carbocycles. The van der Waals surface area contributed by atoms with E-state index in [-0.39, 0.29) is 4.99 Å². The van der Waals surface area contributed by atoms with Gasteiger partial charge in [-0.3, -0.25) is 4.68 Å². The minimum Gasteiger partial charge on any atom is -0.389 e. The molecule has 2 aromatic rings. The van der Waals surface area contributed by atoms with Gasteiger partial charge in [0.25, 0.3) is 0 Å². The van der Waals surface area contributed by atoms with E-state index in [1.54, 1.807) is 29.9 Å². The summed E-state index contributed by atoms with van der Waals surface area (Å²) in [6, 6.07) is 5.28. The molecule has 0 aliphatic heterocycles. The molecule has 0 aliphatic carbocycles. The zero-order valence-corrected chi connectivity index (χ0v) is 12.7. The number of aryl methyl sites for hydroxylation is 2. The first kappa shape index (κ1) is 14.1. The molecule has 100 valence electrons. The number of nitrogens with two attached hydrogens (primary N) is 1. The first-order chi connectivity index (χ1) is 8.91. The van der Waals surface area contributed by atoms with Crippen LogP contribution in [0.15, 0.2) is 18.2 Å². The van der Waals surface area contributed by atoms with Crippen molar-refractivity contribution in [2.24, 2.45) is 12.8 Å². The van der Waals surface area contributed by atoms with Gasteiger partial charge in [0.2, 0.25) is 0 Å². The number of para-hydroxylation sites is 1. The molecular weight excluding hydrogens is 303 g/mol. The van der Waals surface area contributed by atoms with Crippen molar-refractivity contribution >= 4 is 51.9 Å². The Bertz CT molecular complexity index is 631. The van der Waals surface area contributed by atoms with Gasteiger partial charge in [-0.2, -0.15) is 5.10 Å². The average Bonchev–Trinajstić information content (AvgIpc) is 2.58. The molecule has 7 heteroatoms. The van der Waals surface area contributed by atoms with Crippen LogP contribution in [-0.4, -0.2) is 14.8 Å². The van der Waals surface area contributed by atoms with Gasteiger partial charge in [-0.05, 0) is 19.1 Å². The maximum absolute atomic E-state index is 6.13. The molecule has 1 aromatic carbocycles. The van der Waals surface area contributed by atoms with E-state index in [1.165, 1.54) is 0 Å². The van der Waals surface area contributed by atoms with Gasteiger partial charge in [-0.15, -0.1) is 0 Å². The van der Waals surface area contributed by atoms with Crippen LogP contribution in [0.4, 0.5) is 11.5 Å². The lowest BCUT2D eigenvalue weighted by molar-refractivity contribution is 0.765. The number of halogens is 2. The van der Waals surface area contributed by atoms with Crippen molar-refractivity contribution in [3.8, 4) is 0 Å². The normalized spacial score (nSPS) is 10.5. The second-order valence-corrected chi connectivity index (χ2v) is 5.27. The summed E-state index contributed by atoms with van der Waals surface area (Å²) in [7, 11) is 1.79. The standard InChI is InChI=1S/C12H12Cl2N4S/c1-6-9(11(15)19)12(18(2)17-6)16-10-7(13)4-3-5-8(10)14/h3-5,16H,1-2H3,(H2,15,19). The molecule has 19 heavy (non-hydrogen) atoms. The largest absolute Gasteiger partial charge is 0.389 e. The topological polar surface area (TPSA) is 55.9 Å². The van der Waals surface area contributed by atoms with Crippen LogP contribution in [0.25, 0.3) is 0 Å². The lowest BCUT2D eigenvalue weighted by Crippen LogP contribution is -2.13. The Hall–Kier alpha value is -1.30. The lowest BCUT2D eigenvalue weighted by atomic mass is 10.2. The molecule has 0 radical (unpaired) electrons. The maximum Gasteiger partial charge on any atom is 0.139 e. The summed E-state index contributed by atoms with van der Waals surface area (Å²) in [6.45, 7) is 1.84. The third kappa shape index (κ3) is 2.68. The quantitative estimate of drug-likeness (QED) is 0.852. The van der Waals surface area contributed by atoms with Gasteiger partial charge < -0.3 is 11.1 Å². The predicted octanol–water partition coefficient (Wildman–Crippen LogP) is 3.41. The van der Waals surface area contributed by atoms with E-state index in [2.05, 4.69) is 10.4 Å². The summed E-state index contributed by atoms with van der Waals surface area (Å²) < 4.78 is 1.66. The van der Waals surface area contributed by atoms with Crippen LogP contribution in [0.3, 0.4) is 0 Å². The molecule has 0 bridgehead atoms. The molecule has 0 atom stereocenters. The second kappa shape index (κ2) is 5.36. The Labute approximate surface area is 126 Å². The molecule has 0 unspecified atom stereocenters. The SMILES string of the molecule is Cc1nn(C)c(Nc2c(Cl)cccc2Cl)c1C(N)=S. The molecule has 3 N–H and O–H groups in total. The Morgan fingerprint density at radius 2 is 1.95 bits per heavy atom. The fourth-order valence-electron chi connectivity index (χ4n) is 1.83. The zero-order chi connectivity index (χ0) is 14.2. The van der Waals surface area contributed by atoms with Crippen LogP contribution in [-0.2, 0) is 7.05 Å². The number of nitrogens with zero attached hydrogens (tertiary/aromatic N) is 2. The first-order valence-corrected chi connectivity index (χ1v) is 6.62. The number of rotatable bonds is 3. The zero-order valence-electron chi connectivity index (χ0n) is 10.4. The number of benzene rings is 1. The van der Waals surface area contributed by atoms with Gasteiger partial charge in [0, 0.05) is 7.05 Å². The Morgan fingerprint density at radius 1 is 1.37 bits per heavy atom.